The van der Waals surface area contributed by atoms with Crippen LogP contribution in [-0.4, -0.2) is 36.6 Å². The van der Waals surface area contributed by atoms with Crippen LogP contribution in [0.5, 0.6) is 5.75 Å². The average molecular weight is 349 g/mol. The first-order valence-corrected chi connectivity index (χ1v) is 7.92. The second-order valence-electron chi connectivity index (χ2n) is 5.39. The predicted molar refractivity (Wildman–Crippen MR) is 95.3 cm³/mol. The van der Waals surface area contributed by atoms with E-state index in [1.165, 1.54) is 0 Å². The first-order valence-electron chi connectivity index (χ1n) is 7.54. The van der Waals surface area contributed by atoms with Gasteiger partial charge in [-0.1, -0.05) is 35.9 Å². The highest BCUT2D eigenvalue weighted by Gasteiger charge is 2.12. The van der Waals surface area contributed by atoms with E-state index in [-0.39, 0.29) is 19.1 Å². The Hall–Kier alpha value is -2.24. The molecule has 24 heavy (non-hydrogen) atoms. The van der Waals surface area contributed by atoms with Crippen molar-refractivity contribution in [1.82, 2.24) is 4.90 Å². The Kier molecular flexibility index (Phi) is 6.46. The molecule has 1 amide bonds. The van der Waals surface area contributed by atoms with Crippen LogP contribution in [0, 0.1) is 0 Å². The average Bonchev–Trinajstić information content (AvgIpc) is 2.61. The first kappa shape index (κ1) is 18.1. The Bertz CT molecular complexity index is 706. The van der Waals surface area contributed by atoms with Gasteiger partial charge in [-0.2, -0.15) is 0 Å². The van der Waals surface area contributed by atoms with E-state index in [1.807, 2.05) is 24.3 Å². The molecule has 2 rings (SSSR count). The molecule has 0 bridgehead atoms. The SMILES string of the molecule is COc1ccccc1CN(C)C(=O)CNc1cc(CO)ccc1Cl. The van der Waals surface area contributed by atoms with Gasteiger partial charge in [-0.25, -0.2) is 0 Å². The fraction of sp³-hybridized carbons (Fsp3) is 0.278. The summed E-state index contributed by atoms with van der Waals surface area (Å²) in [6.07, 6.45) is 0. The number of nitrogens with one attached hydrogen (secondary N) is 1. The van der Waals surface area contributed by atoms with Gasteiger partial charge in [0.1, 0.15) is 5.75 Å². The zero-order valence-corrected chi connectivity index (χ0v) is 14.5. The van der Waals surface area contributed by atoms with Gasteiger partial charge in [-0.05, 0) is 23.8 Å². The zero-order valence-electron chi connectivity index (χ0n) is 13.8. The summed E-state index contributed by atoms with van der Waals surface area (Å²) < 4.78 is 5.30. The molecule has 0 saturated carbocycles. The van der Waals surface area contributed by atoms with Crippen LogP contribution in [0.25, 0.3) is 0 Å². The van der Waals surface area contributed by atoms with Gasteiger partial charge in [0.25, 0.3) is 0 Å². The number of amides is 1. The number of aliphatic hydroxyl groups excluding tert-OH is 1. The highest BCUT2D eigenvalue weighted by Crippen LogP contribution is 2.23. The number of hydrogen-bond donors (Lipinski definition) is 2. The molecule has 0 fully saturated rings. The Morgan fingerprint density at radius 1 is 1.29 bits per heavy atom. The summed E-state index contributed by atoms with van der Waals surface area (Å²) in [4.78, 5) is 13.9. The predicted octanol–water partition coefficient (Wildman–Crippen LogP) is 2.91. The Morgan fingerprint density at radius 2 is 2.04 bits per heavy atom. The number of carbonyl (C=O) groups excluding carboxylic acids is 1. The van der Waals surface area contributed by atoms with Gasteiger partial charge in [-0.15, -0.1) is 0 Å². The molecular weight excluding hydrogens is 328 g/mol. The first-order chi connectivity index (χ1) is 11.5. The van der Waals surface area contributed by atoms with Crippen molar-refractivity contribution < 1.29 is 14.6 Å². The maximum absolute atomic E-state index is 12.3. The summed E-state index contributed by atoms with van der Waals surface area (Å²) in [6, 6.07) is 12.8. The number of anilines is 1. The lowest BCUT2D eigenvalue weighted by Crippen LogP contribution is -2.32. The number of rotatable bonds is 7. The minimum absolute atomic E-state index is 0.0759. The molecule has 0 aliphatic rings. The molecule has 2 aromatic rings. The second-order valence-corrected chi connectivity index (χ2v) is 5.79. The monoisotopic (exact) mass is 348 g/mol. The van der Waals surface area contributed by atoms with E-state index >= 15 is 0 Å². The molecule has 128 valence electrons. The van der Waals surface area contributed by atoms with Gasteiger partial charge < -0.3 is 20.1 Å². The number of ether oxygens (including phenoxy) is 1. The number of hydrogen-bond acceptors (Lipinski definition) is 4. The third kappa shape index (κ3) is 4.63. The molecule has 2 aromatic carbocycles. The van der Waals surface area contributed by atoms with Gasteiger partial charge in [0.15, 0.2) is 0 Å². The largest absolute Gasteiger partial charge is 0.496 e. The van der Waals surface area contributed by atoms with Gasteiger partial charge >= 0.3 is 0 Å². The molecule has 0 spiro atoms. The fourth-order valence-corrected chi connectivity index (χ4v) is 2.47. The number of halogens is 1. The summed E-state index contributed by atoms with van der Waals surface area (Å²) in [6.45, 7) is 0.489. The quantitative estimate of drug-likeness (QED) is 0.807. The van der Waals surface area contributed by atoms with E-state index in [0.717, 1.165) is 16.9 Å². The highest BCUT2D eigenvalue weighted by atomic mass is 35.5. The fourth-order valence-electron chi connectivity index (χ4n) is 2.29. The van der Waals surface area contributed by atoms with Gasteiger partial charge in [0.05, 0.1) is 31.0 Å². The molecule has 0 atom stereocenters. The maximum Gasteiger partial charge on any atom is 0.241 e. The van der Waals surface area contributed by atoms with Crippen molar-refractivity contribution in [3.63, 3.8) is 0 Å². The Morgan fingerprint density at radius 3 is 2.75 bits per heavy atom. The third-order valence-corrected chi connectivity index (χ3v) is 4.00. The summed E-state index contributed by atoms with van der Waals surface area (Å²) in [5.41, 5.74) is 2.30. The summed E-state index contributed by atoms with van der Waals surface area (Å²) >= 11 is 6.10. The molecule has 0 aromatic heterocycles. The van der Waals surface area contributed by atoms with Crippen molar-refractivity contribution in [2.45, 2.75) is 13.2 Å². The molecule has 0 radical (unpaired) electrons. The number of benzene rings is 2. The van der Waals surface area contributed by atoms with E-state index in [2.05, 4.69) is 5.32 Å². The molecular formula is C18H21ClN2O3. The molecule has 0 aliphatic carbocycles. The molecule has 0 aliphatic heterocycles. The van der Waals surface area contributed by atoms with Crippen LogP contribution in [0.15, 0.2) is 42.5 Å². The molecule has 2 N–H and O–H groups in total. The van der Waals surface area contributed by atoms with E-state index in [9.17, 15) is 9.90 Å². The summed E-state index contributed by atoms with van der Waals surface area (Å²) in [5.74, 6) is 0.676. The van der Waals surface area contributed by atoms with Crippen LogP contribution in [0.4, 0.5) is 5.69 Å². The lowest BCUT2D eigenvalue weighted by Gasteiger charge is -2.19. The third-order valence-electron chi connectivity index (χ3n) is 3.67. The van der Waals surface area contributed by atoms with Gasteiger partial charge in [0, 0.05) is 19.2 Å². The number of aliphatic hydroxyl groups is 1. The Labute approximate surface area is 146 Å². The van der Waals surface area contributed by atoms with E-state index in [1.54, 1.807) is 37.3 Å². The molecule has 6 heteroatoms. The standard InChI is InChI=1S/C18H21ClN2O3/c1-21(11-14-5-3-4-6-17(14)24-2)18(23)10-20-16-9-13(12-22)7-8-15(16)19/h3-9,20,22H,10-12H2,1-2H3. The Balaban J connectivity index is 1.97. The van der Waals surface area contributed by atoms with Crippen molar-refractivity contribution in [1.29, 1.82) is 0 Å². The van der Waals surface area contributed by atoms with Crippen LogP contribution in [0.2, 0.25) is 5.02 Å². The highest BCUT2D eigenvalue weighted by molar-refractivity contribution is 6.33. The number of para-hydroxylation sites is 1. The number of nitrogens with zero attached hydrogens (tertiary/aromatic N) is 1. The number of carbonyl (C=O) groups is 1. The minimum atomic E-state index is -0.0774. The molecule has 0 unspecified atom stereocenters. The van der Waals surface area contributed by atoms with Crippen molar-refractivity contribution >= 4 is 23.2 Å². The second kappa shape index (κ2) is 8.57. The van der Waals surface area contributed by atoms with Crippen LogP contribution < -0.4 is 10.1 Å². The van der Waals surface area contributed by atoms with Crippen molar-refractivity contribution in [2.24, 2.45) is 0 Å². The molecule has 0 heterocycles. The normalized spacial score (nSPS) is 10.3. The lowest BCUT2D eigenvalue weighted by molar-refractivity contribution is -0.128. The summed E-state index contributed by atoms with van der Waals surface area (Å²) in [5, 5.41) is 12.7. The van der Waals surface area contributed by atoms with Gasteiger partial charge in [0.2, 0.25) is 5.91 Å². The van der Waals surface area contributed by atoms with Crippen LogP contribution >= 0.6 is 11.6 Å². The van der Waals surface area contributed by atoms with Crippen LogP contribution in [0.1, 0.15) is 11.1 Å². The smallest absolute Gasteiger partial charge is 0.241 e. The number of methoxy groups -OCH3 is 1. The van der Waals surface area contributed by atoms with Crippen molar-refractivity contribution in [2.75, 3.05) is 26.0 Å². The summed E-state index contributed by atoms with van der Waals surface area (Å²) in [7, 11) is 3.35. The van der Waals surface area contributed by atoms with E-state index in [4.69, 9.17) is 16.3 Å². The molecule has 5 nitrogen and oxygen atoms in total. The van der Waals surface area contributed by atoms with Crippen LogP contribution in [0.3, 0.4) is 0 Å². The maximum atomic E-state index is 12.3. The topological polar surface area (TPSA) is 61.8 Å². The molecule has 0 saturated heterocycles. The van der Waals surface area contributed by atoms with E-state index in [0.29, 0.717) is 17.3 Å². The lowest BCUT2D eigenvalue weighted by atomic mass is 10.2. The van der Waals surface area contributed by atoms with Crippen molar-refractivity contribution in [3.8, 4) is 5.75 Å². The number of likely N-dealkylation sites (N-methyl/N-ethyl adjacent to an activating group) is 1. The van der Waals surface area contributed by atoms with Crippen molar-refractivity contribution in [3.05, 3.63) is 58.6 Å². The van der Waals surface area contributed by atoms with Gasteiger partial charge in [-0.3, -0.25) is 4.79 Å². The van der Waals surface area contributed by atoms with Crippen LogP contribution in [-0.2, 0) is 17.9 Å². The minimum Gasteiger partial charge on any atom is -0.496 e. The zero-order chi connectivity index (χ0) is 17.5. The van der Waals surface area contributed by atoms with E-state index < -0.39 is 0 Å².